The van der Waals surface area contributed by atoms with Gasteiger partial charge in [0.05, 0.1) is 18.3 Å². The van der Waals surface area contributed by atoms with Crippen molar-refractivity contribution in [2.75, 3.05) is 12.0 Å². The molecule has 0 unspecified atom stereocenters. The van der Waals surface area contributed by atoms with Crippen LogP contribution in [0, 0.1) is 6.92 Å². The molecule has 0 aromatic heterocycles. The van der Waals surface area contributed by atoms with Crippen molar-refractivity contribution >= 4 is 23.6 Å². The number of anilines is 1. The lowest BCUT2D eigenvalue weighted by molar-refractivity contribution is -0.136. The normalized spacial score (nSPS) is 15.7. The van der Waals surface area contributed by atoms with Crippen molar-refractivity contribution in [2.24, 2.45) is 0 Å². The predicted molar refractivity (Wildman–Crippen MR) is 112 cm³/mol. The Balaban J connectivity index is 2.08. The minimum atomic E-state index is -0.509. The molecule has 2 aromatic carbocycles. The van der Waals surface area contributed by atoms with E-state index in [2.05, 4.69) is 13.8 Å². The largest absolute Gasteiger partial charge is 0.465 e. The first-order valence-corrected chi connectivity index (χ1v) is 9.35. The highest BCUT2D eigenvalue weighted by atomic mass is 16.5. The topological polar surface area (TPSA) is 46.6 Å². The highest BCUT2D eigenvalue weighted by Crippen LogP contribution is 2.35. The molecule has 3 rings (SSSR count). The van der Waals surface area contributed by atoms with E-state index >= 15 is 0 Å². The van der Waals surface area contributed by atoms with Gasteiger partial charge in [0.1, 0.15) is 0 Å². The molecule has 0 saturated carbocycles. The molecule has 4 nitrogen and oxygen atoms in total. The first-order valence-electron chi connectivity index (χ1n) is 9.35. The highest BCUT2D eigenvalue weighted by Gasteiger charge is 2.37. The number of allylic oxidation sites excluding steroid dienone is 1. The predicted octanol–water partition coefficient (Wildman–Crippen LogP) is 5.00. The van der Waals surface area contributed by atoms with Gasteiger partial charge in [-0.15, -0.1) is 0 Å². The van der Waals surface area contributed by atoms with Gasteiger partial charge in [-0.05, 0) is 49.1 Å². The van der Waals surface area contributed by atoms with Crippen molar-refractivity contribution in [3.05, 3.63) is 82.1 Å². The maximum absolute atomic E-state index is 13.2. The third-order valence-electron chi connectivity index (χ3n) is 5.00. The summed E-state index contributed by atoms with van der Waals surface area (Å²) in [6.45, 7) is 8.03. The van der Waals surface area contributed by atoms with Crippen LogP contribution in [0.5, 0.6) is 0 Å². The fourth-order valence-electron chi connectivity index (χ4n) is 3.33. The van der Waals surface area contributed by atoms with Crippen LogP contribution in [0.2, 0.25) is 0 Å². The lowest BCUT2D eigenvalue weighted by Crippen LogP contribution is -2.24. The molecule has 0 atom stereocenters. The number of ether oxygens (including phenoxy) is 1. The summed E-state index contributed by atoms with van der Waals surface area (Å²) in [6.07, 6.45) is 1.75. The Bertz CT molecular complexity index is 964. The van der Waals surface area contributed by atoms with Crippen LogP contribution >= 0.6 is 0 Å². The third-order valence-corrected chi connectivity index (χ3v) is 5.00. The minimum Gasteiger partial charge on any atom is -0.465 e. The number of hydrogen-bond donors (Lipinski definition) is 0. The van der Waals surface area contributed by atoms with E-state index in [-0.39, 0.29) is 5.91 Å². The molecule has 0 spiro atoms. The van der Waals surface area contributed by atoms with Gasteiger partial charge in [-0.2, -0.15) is 0 Å². The first-order chi connectivity index (χ1) is 13.3. The SMILES string of the molecule is COC(=O)C1=C(C)N(c2ccc(C(C)C)cc2)C(=O)/C1=C\c1ccc(C)cc1. The summed E-state index contributed by atoms with van der Waals surface area (Å²) in [5.41, 5.74) is 5.16. The van der Waals surface area contributed by atoms with Gasteiger partial charge in [-0.1, -0.05) is 55.8 Å². The van der Waals surface area contributed by atoms with E-state index in [1.165, 1.54) is 12.7 Å². The van der Waals surface area contributed by atoms with Crippen LogP contribution in [-0.2, 0) is 14.3 Å². The molecular weight excluding hydrogens is 350 g/mol. The molecule has 1 aliphatic rings. The molecule has 1 aliphatic heterocycles. The molecule has 4 heteroatoms. The van der Waals surface area contributed by atoms with Gasteiger partial charge < -0.3 is 4.74 Å². The zero-order valence-corrected chi connectivity index (χ0v) is 16.9. The number of aryl methyl sites for hydroxylation is 1. The van der Waals surface area contributed by atoms with E-state index in [1.807, 2.05) is 55.5 Å². The average molecular weight is 375 g/mol. The Morgan fingerprint density at radius 3 is 2.14 bits per heavy atom. The quantitative estimate of drug-likeness (QED) is 0.558. The molecule has 0 saturated heterocycles. The lowest BCUT2D eigenvalue weighted by atomic mass is 10.0. The maximum Gasteiger partial charge on any atom is 0.340 e. The summed E-state index contributed by atoms with van der Waals surface area (Å²) in [7, 11) is 1.33. The summed E-state index contributed by atoms with van der Waals surface area (Å²) in [5.74, 6) is -0.330. The molecule has 0 N–H and O–H groups in total. The van der Waals surface area contributed by atoms with E-state index in [0.29, 0.717) is 22.8 Å². The van der Waals surface area contributed by atoms with Gasteiger partial charge in [0, 0.05) is 11.4 Å². The summed E-state index contributed by atoms with van der Waals surface area (Å²) in [5, 5.41) is 0. The standard InChI is InChI=1S/C24H25NO3/c1-15(2)19-10-12-20(13-11-19)25-17(4)22(24(27)28-5)21(23(25)26)14-18-8-6-16(3)7-9-18/h6-15H,1-5H3/b21-14-. The fraction of sp³-hybridized carbons (Fsp3) is 0.250. The van der Waals surface area contributed by atoms with Crippen molar-refractivity contribution in [3.63, 3.8) is 0 Å². The summed E-state index contributed by atoms with van der Waals surface area (Å²) in [4.78, 5) is 27.3. The number of hydrogen-bond acceptors (Lipinski definition) is 3. The van der Waals surface area contributed by atoms with Gasteiger partial charge in [-0.25, -0.2) is 4.79 Å². The Hall–Kier alpha value is -3.14. The van der Waals surface area contributed by atoms with Crippen molar-refractivity contribution in [2.45, 2.75) is 33.6 Å². The van der Waals surface area contributed by atoms with Crippen LogP contribution in [0.1, 0.15) is 43.4 Å². The van der Waals surface area contributed by atoms with Crippen LogP contribution < -0.4 is 4.90 Å². The summed E-state index contributed by atoms with van der Waals surface area (Å²) in [6, 6.07) is 15.7. The summed E-state index contributed by atoms with van der Waals surface area (Å²) < 4.78 is 4.96. The van der Waals surface area contributed by atoms with E-state index in [0.717, 1.165) is 16.8 Å². The van der Waals surface area contributed by atoms with Gasteiger partial charge in [-0.3, -0.25) is 9.69 Å². The molecule has 0 fully saturated rings. The van der Waals surface area contributed by atoms with E-state index in [1.54, 1.807) is 17.9 Å². The number of nitrogens with zero attached hydrogens (tertiary/aromatic N) is 1. The molecule has 0 radical (unpaired) electrons. The number of benzene rings is 2. The Morgan fingerprint density at radius 1 is 1.00 bits per heavy atom. The third kappa shape index (κ3) is 3.63. The minimum absolute atomic E-state index is 0.226. The van der Waals surface area contributed by atoms with E-state index in [9.17, 15) is 9.59 Å². The van der Waals surface area contributed by atoms with Crippen LogP contribution in [0.25, 0.3) is 6.08 Å². The molecule has 0 bridgehead atoms. The molecule has 1 amide bonds. The van der Waals surface area contributed by atoms with Crippen molar-refractivity contribution in [3.8, 4) is 0 Å². The Morgan fingerprint density at radius 2 is 1.61 bits per heavy atom. The van der Waals surface area contributed by atoms with E-state index in [4.69, 9.17) is 4.74 Å². The fourth-order valence-corrected chi connectivity index (χ4v) is 3.33. The number of carbonyl (C=O) groups is 2. The van der Waals surface area contributed by atoms with E-state index < -0.39 is 5.97 Å². The smallest absolute Gasteiger partial charge is 0.340 e. The van der Waals surface area contributed by atoms with Gasteiger partial charge in [0.25, 0.3) is 5.91 Å². The molecule has 1 heterocycles. The zero-order chi connectivity index (χ0) is 20.4. The van der Waals surface area contributed by atoms with Crippen LogP contribution in [-0.4, -0.2) is 19.0 Å². The second-order valence-corrected chi connectivity index (χ2v) is 7.31. The molecule has 2 aromatic rings. The second-order valence-electron chi connectivity index (χ2n) is 7.31. The van der Waals surface area contributed by atoms with Gasteiger partial charge in [0.2, 0.25) is 0 Å². The van der Waals surface area contributed by atoms with Crippen LogP contribution in [0.4, 0.5) is 5.69 Å². The number of carbonyl (C=O) groups excluding carboxylic acids is 2. The zero-order valence-electron chi connectivity index (χ0n) is 16.9. The summed E-state index contributed by atoms with van der Waals surface area (Å²) >= 11 is 0. The van der Waals surface area contributed by atoms with Gasteiger partial charge >= 0.3 is 5.97 Å². The van der Waals surface area contributed by atoms with Crippen molar-refractivity contribution in [1.82, 2.24) is 0 Å². The average Bonchev–Trinajstić information content (AvgIpc) is 2.93. The molecule has 0 aliphatic carbocycles. The number of methoxy groups -OCH3 is 1. The molecule has 28 heavy (non-hydrogen) atoms. The first kappa shape index (κ1) is 19.6. The second kappa shape index (κ2) is 7.85. The molecule has 144 valence electrons. The lowest BCUT2D eigenvalue weighted by Gasteiger charge is -2.19. The number of amides is 1. The van der Waals surface area contributed by atoms with Crippen LogP contribution in [0.3, 0.4) is 0 Å². The molecular formula is C24H25NO3. The monoisotopic (exact) mass is 375 g/mol. The van der Waals surface area contributed by atoms with Crippen molar-refractivity contribution < 1.29 is 14.3 Å². The number of rotatable bonds is 4. The maximum atomic E-state index is 13.2. The Labute approximate surface area is 166 Å². The van der Waals surface area contributed by atoms with Crippen LogP contribution in [0.15, 0.2) is 65.4 Å². The Kier molecular flexibility index (Phi) is 5.50. The van der Waals surface area contributed by atoms with Crippen molar-refractivity contribution in [1.29, 1.82) is 0 Å². The van der Waals surface area contributed by atoms with Gasteiger partial charge in [0.15, 0.2) is 0 Å². The number of esters is 1. The highest BCUT2D eigenvalue weighted by molar-refractivity contribution is 6.23.